The Hall–Kier alpha value is -3.67. The molecule has 0 saturated carbocycles. The van der Waals surface area contributed by atoms with Crippen molar-refractivity contribution in [2.75, 3.05) is 13.2 Å². The predicted octanol–water partition coefficient (Wildman–Crippen LogP) is 5.73. The van der Waals surface area contributed by atoms with Gasteiger partial charge in [-0.3, -0.25) is 4.55 Å². The van der Waals surface area contributed by atoms with Gasteiger partial charge in [0.05, 0.1) is 22.7 Å². The van der Waals surface area contributed by atoms with Gasteiger partial charge in [0, 0.05) is 0 Å². The van der Waals surface area contributed by atoms with E-state index in [-0.39, 0.29) is 19.0 Å². The summed E-state index contributed by atoms with van der Waals surface area (Å²) in [4.78, 5) is 0. The lowest BCUT2D eigenvalue weighted by molar-refractivity contribution is 0.202. The van der Waals surface area contributed by atoms with Crippen molar-refractivity contribution in [1.29, 1.82) is 0 Å². The fraction of sp³-hybridized carbons (Fsp3) is 0.143. The molecule has 0 aliphatic carbocycles. The number of azo groups is 2. The molecule has 0 saturated heterocycles. The van der Waals surface area contributed by atoms with Gasteiger partial charge in [0.25, 0.3) is 0 Å². The Kier molecular flexibility index (Phi) is 7.60. The van der Waals surface area contributed by atoms with E-state index in [0.717, 1.165) is 5.56 Å². The van der Waals surface area contributed by atoms with Crippen molar-refractivity contribution in [2.45, 2.75) is 6.92 Å². The Morgan fingerprint density at radius 1 is 0.781 bits per heavy atom. The lowest BCUT2D eigenvalue weighted by Gasteiger charge is -2.05. The Bertz CT molecular complexity index is 1210. The Labute approximate surface area is 184 Å². The molecular weight excluding hydrogens is 436 g/mol. The topological polar surface area (TPSA) is 142 Å². The molecule has 0 heterocycles. The summed E-state index contributed by atoms with van der Waals surface area (Å²) in [6.07, 6.45) is 0. The molecule has 3 aromatic rings. The van der Waals surface area contributed by atoms with Crippen LogP contribution in [0.4, 0.5) is 22.7 Å². The maximum atomic E-state index is 10.5. The van der Waals surface area contributed by atoms with Gasteiger partial charge in [-0.25, -0.2) is 4.18 Å². The van der Waals surface area contributed by atoms with Crippen molar-refractivity contribution in [3.8, 4) is 11.5 Å². The molecule has 0 radical (unpaired) electrons. The monoisotopic (exact) mass is 456 g/mol. The third kappa shape index (κ3) is 7.54. The number of ether oxygens (including phenoxy) is 1. The van der Waals surface area contributed by atoms with Crippen molar-refractivity contribution in [3.63, 3.8) is 0 Å². The van der Waals surface area contributed by atoms with E-state index < -0.39 is 10.4 Å². The van der Waals surface area contributed by atoms with Crippen LogP contribution in [0.3, 0.4) is 0 Å². The van der Waals surface area contributed by atoms with Gasteiger partial charge in [-0.1, -0.05) is 0 Å². The molecule has 0 unspecified atom stereocenters. The minimum Gasteiger partial charge on any atom is -0.508 e. The molecule has 10 nitrogen and oxygen atoms in total. The van der Waals surface area contributed by atoms with Gasteiger partial charge in [-0.2, -0.15) is 28.9 Å². The quantitative estimate of drug-likeness (QED) is 0.239. The van der Waals surface area contributed by atoms with E-state index in [1.165, 1.54) is 0 Å². The molecule has 0 atom stereocenters. The van der Waals surface area contributed by atoms with E-state index >= 15 is 0 Å². The van der Waals surface area contributed by atoms with Crippen LogP contribution >= 0.6 is 0 Å². The highest BCUT2D eigenvalue weighted by Crippen LogP contribution is 2.28. The van der Waals surface area contributed by atoms with Gasteiger partial charge in [0.1, 0.15) is 24.7 Å². The van der Waals surface area contributed by atoms with E-state index in [1.807, 2.05) is 13.0 Å². The van der Waals surface area contributed by atoms with Crippen LogP contribution < -0.4 is 4.74 Å². The fourth-order valence-corrected chi connectivity index (χ4v) is 2.75. The van der Waals surface area contributed by atoms with Crippen LogP contribution in [0, 0.1) is 6.92 Å². The second kappa shape index (κ2) is 10.6. The van der Waals surface area contributed by atoms with E-state index in [4.69, 9.17) is 9.29 Å². The smallest absolute Gasteiger partial charge is 0.397 e. The van der Waals surface area contributed by atoms with Crippen molar-refractivity contribution in [3.05, 3.63) is 72.3 Å². The lowest BCUT2D eigenvalue weighted by Crippen LogP contribution is -2.11. The molecule has 0 aliphatic rings. The fourth-order valence-electron chi connectivity index (χ4n) is 2.47. The summed E-state index contributed by atoms with van der Waals surface area (Å²) in [5.74, 6) is 0.657. The van der Waals surface area contributed by atoms with Gasteiger partial charge in [-0.05, 0) is 79.2 Å². The zero-order valence-corrected chi connectivity index (χ0v) is 17.8. The highest BCUT2D eigenvalue weighted by molar-refractivity contribution is 7.80. The molecule has 0 fully saturated rings. The molecule has 3 rings (SSSR count). The van der Waals surface area contributed by atoms with Crippen LogP contribution in [-0.2, 0) is 14.6 Å². The van der Waals surface area contributed by atoms with E-state index in [1.54, 1.807) is 60.7 Å². The van der Waals surface area contributed by atoms with Crippen LogP contribution in [0.15, 0.2) is 87.2 Å². The first kappa shape index (κ1) is 23.0. The third-order valence-corrected chi connectivity index (χ3v) is 4.47. The first-order valence-corrected chi connectivity index (χ1v) is 10.7. The predicted molar refractivity (Wildman–Crippen MR) is 117 cm³/mol. The number of aromatic hydroxyl groups is 1. The standard InChI is InChI=1S/C21H20N4O6S/c1-15-14-18(24-22-16-2-7-19(26)8-3-16)6-11-21(15)25-23-17-4-9-20(10-5-17)30-12-13-31-32(27,28)29/h2-11,14,26H,12-13H2,1H3,(H,27,28,29). The van der Waals surface area contributed by atoms with Gasteiger partial charge in [0.2, 0.25) is 0 Å². The Balaban J connectivity index is 1.57. The largest absolute Gasteiger partial charge is 0.508 e. The highest BCUT2D eigenvalue weighted by atomic mass is 32.3. The number of phenolic OH excluding ortho intramolecular Hbond substituents is 1. The maximum Gasteiger partial charge on any atom is 0.397 e. The first-order valence-electron chi connectivity index (χ1n) is 9.36. The van der Waals surface area contributed by atoms with E-state index in [0.29, 0.717) is 28.5 Å². The number of benzene rings is 3. The summed E-state index contributed by atoms with van der Waals surface area (Å²) in [7, 11) is -4.47. The van der Waals surface area contributed by atoms with Gasteiger partial charge < -0.3 is 9.84 Å². The third-order valence-electron chi connectivity index (χ3n) is 4.01. The summed E-state index contributed by atoms with van der Waals surface area (Å²) in [6, 6.07) is 18.5. The minimum atomic E-state index is -4.47. The number of phenols is 1. The molecule has 3 aromatic carbocycles. The van der Waals surface area contributed by atoms with Crippen LogP contribution in [0.25, 0.3) is 0 Å². The summed E-state index contributed by atoms with van der Waals surface area (Å²) < 4.78 is 38.9. The van der Waals surface area contributed by atoms with Crippen LogP contribution in [0.5, 0.6) is 11.5 Å². The number of nitrogens with zero attached hydrogens (tertiary/aromatic N) is 4. The van der Waals surface area contributed by atoms with Crippen LogP contribution in [0.1, 0.15) is 5.56 Å². The van der Waals surface area contributed by atoms with E-state index in [9.17, 15) is 13.5 Å². The molecule has 11 heteroatoms. The molecule has 2 N–H and O–H groups in total. The van der Waals surface area contributed by atoms with Crippen LogP contribution in [0.2, 0.25) is 0 Å². The second-order valence-corrected chi connectivity index (χ2v) is 7.57. The second-order valence-electron chi connectivity index (χ2n) is 6.48. The lowest BCUT2D eigenvalue weighted by atomic mass is 10.2. The van der Waals surface area contributed by atoms with Crippen molar-refractivity contribution < 1.29 is 27.0 Å². The zero-order chi connectivity index (χ0) is 23.0. The number of hydrogen-bond acceptors (Lipinski definition) is 9. The average molecular weight is 456 g/mol. The van der Waals surface area contributed by atoms with E-state index in [2.05, 4.69) is 24.6 Å². The molecule has 32 heavy (non-hydrogen) atoms. The number of hydrogen-bond donors (Lipinski definition) is 2. The molecular formula is C21H20N4O6S. The first-order chi connectivity index (χ1) is 15.3. The van der Waals surface area contributed by atoms with Crippen LogP contribution in [-0.4, -0.2) is 31.3 Å². The normalized spacial score (nSPS) is 11.9. The number of rotatable bonds is 9. The van der Waals surface area contributed by atoms with Gasteiger partial charge in [0.15, 0.2) is 0 Å². The van der Waals surface area contributed by atoms with Crippen molar-refractivity contribution in [2.24, 2.45) is 20.5 Å². The summed E-state index contributed by atoms with van der Waals surface area (Å²) >= 11 is 0. The van der Waals surface area contributed by atoms with Gasteiger partial charge >= 0.3 is 10.4 Å². The Morgan fingerprint density at radius 2 is 1.34 bits per heavy atom. The maximum absolute atomic E-state index is 10.5. The minimum absolute atomic E-state index is 0.0454. The summed E-state index contributed by atoms with van der Waals surface area (Å²) in [5.41, 5.74) is 3.43. The molecule has 0 bridgehead atoms. The summed E-state index contributed by atoms with van der Waals surface area (Å²) in [6.45, 7) is 1.54. The Morgan fingerprint density at radius 3 is 1.97 bits per heavy atom. The zero-order valence-electron chi connectivity index (χ0n) is 17.0. The molecule has 0 spiro atoms. The molecule has 0 aliphatic heterocycles. The summed E-state index contributed by atoms with van der Waals surface area (Å²) in [5, 5.41) is 26.0. The average Bonchev–Trinajstić information content (AvgIpc) is 2.76. The van der Waals surface area contributed by atoms with Crippen molar-refractivity contribution in [1.82, 2.24) is 0 Å². The molecule has 0 aromatic heterocycles. The molecule has 0 amide bonds. The van der Waals surface area contributed by atoms with Crippen molar-refractivity contribution >= 4 is 33.1 Å². The highest BCUT2D eigenvalue weighted by Gasteiger charge is 2.04. The number of aryl methyl sites for hydroxylation is 1. The molecule has 166 valence electrons. The van der Waals surface area contributed by atoms with Gasteiger partial charge in [-0.15, -0.1) is 0 Å². The SMILES string of the molecule is Cc1cc(N=Nc2ccc(O)cc2)ccc1N=Nc1ccc(OCCOS(=O)(=O)O)cc1.